The van der Waals surface area contributed by atoms with Crippen molar-refractivity contribution in [3.05, 3.63) is 41.0 Å². The molecule has 3 amide bonds. The van der Waals surface area contributed by atoms with Crippen molar-refractivity contribution in [3.8, 4) is 10.4 Å². The van der Waals surface area contributed by atoms with Gasteiger partial charge in [-0.1, -0.05) is 24.3 Å². The van der Waals surface area contributed by atoms with Crippen molar-refractivity contribution in [1.29, 1.82) is 0 Å². The number of thiazole rings is 1. The van der Waals surface area contributed by atoms with Crippen LogP contribution in [0.1, 0.15) is 24.1 Å². The Balaban J connectivity index is 1.37. The van der Waals surface area contributed by atoms with Gasteiger partial charge >= 0.3 is 0 Å². The van der Waals surface area contributed by atoms with Crippen LogP contribution < -0.4 is 5.32 Å². The number of hydrogen-bond acceptors (Lipinski definition) is 7. The molecule has 0 bridgehead atoms. The summed E-state index contributed by atoms with van der Waals surface area (Å²) in [4.78, 5) is 47.2. The molecule has 0 aliphatic carbocycles. The normalized spacial score (nSPS) is 20.4. The van der Waals surface area contributed by atoms with E-state index in [1.54, 1.807) is 16.2 Å². The van der Waals surface area contributed by atoms with E-state index in [1.165, 1.54) is 12.0 Å². The average Bonchev–Trinajstić information content (AvgIpc) is 3.52. The van der Waals surface area contributed by atoms with Gasteiger partial charge in [0.25, 0.3) is 0 Å². The van der Waals surface area contributed by atoms with Crippen LogP contribution in [0.3, 0.4) is 0 Å². The molecule has 2 unspecified atom stereocenters. The van der Waals surface area contributed by atoms with E-state index in [4.69, 9.17) is 9.47 Å². The molecule has 1 aromatic heterocycles. The van der Waals surface area contributed by atoms with Gasteiger partial charge < -0.3 is 24.6 Å². The summed E-state index contributed by atoms with van der Waals surface area (Å²) in [7, 11) is 1.45. The second kappa shape index (κ2) is 11.1. The fourth-order valence-corrected chi connectivity index (χ4v) is 5.28. The Morgan fingerprint density at radius 1 is 1.18 bits per heavy atom. The van der Waals surface area contributed by atoms with Crippen LogP contribution in [0.4, 0.5) is 0 Å². The molecule has 1 aromatic carbocycles. The van der Waals surface area contributed by atoms with Crippen molar-refractivity contribution in [2.24, 2.45) is 0 Å². The van der Waals surface area contributed by atoms with Crippen LogP contribution in [0.25, 0.3) is 10.4 Å². The zero-order valence-electron chi connectivity index (χ0n) is 19.5. The molecule has 2 atom stereocenters. The first-order chi connectivity index (χ1) is 16.5. The van der Waals surface area contributed by atoms with E-state index in [2.05, 4.69) is 10.3 Å². The highest BCUT2D eigenvalue weighted by Gasteiger charge is 2.41. The number of carbonyl (C=O) groups excluding carboxylic acids is 3. The van der Waals surface area contributed by atoms with Gasteiger partial charge in [-0.05, 0) is 30.9 Å². The average molecular weight is 487 g/mol. The number of nitrogens with zero attached hydrogens (tertiary/aromatic N) is 3. The Kier molecular flexibility index (Phi) is 7.91. The second-order valence-corrected chi connectivity index (χ2v) is 9.34. The molecule has 2 saturated heterocycles. The number of likely N-dealkylation sites (tertiary alicyclic amines) is 1. The first-order valence-electron chi connectivity index (χ1n) is 11.4. The maximum atomic E-state index is 13.3. The predicted molar refractivity (Wildman–Crippen MR) is 127 cm³/mol. The fourth-order valence-electron chi connectivity index (χ4n) is 4.47. The largest absolute Gasteiger partial charge is 0.377 e. The number of nitrogens with one attached hydrogen (secondary N) is 1. The second-order valence-electron chi connectivity index (χ2n) is 8.48. The topological polar surface area (TPSA) is 101 Å². The number of hydrogen-bond donors (Lipinski definition) is 1. The molecule has 4 rings (SSSR count). The Morgan fingerprint density at radius 2 is 1.97 bits per heavy atom. The van der Waals surface area contributed by atoms with Gasteiger partial charge in [-0.25, -0.2) is 4.98 Å². The highest BCUT2D eigenvalue weighted by atomic mass is 32.1. The van der Waals surface area contributed by atoms with Gasteiger partial charge in [-0.2, -0.15) is 0 Å². The zero-order chi connectivity index (χ0) is 24.1. The lowest BCUT2D eigenvalue weighted by atomic mass is 10.1. The smallest absolute Gasteiger partial charge is 0.249 e. The van der Waals surface area contributed by atoms with Crippen molar-refractivity contribution >= 4 is 29.1 Å². The van der Waals surface area contributed by atoms with E-state index in [0.29, 0.717) is 32.7 Å². The van der Waals surface area contributed by atoms with Crippen molar-refractivity contribution in [2.75, 3.05) is 40.0 Å². The Morgan fingerprint density at radius 3 is 2.68 bits per heavy atom. The summed E-state index contributed by atoms with van der Waals surface area (Å²) in [5.41, 5.74) is 4.92. The molecular formula is C24H30N4O5S. The van der Waals surface area contributed by atoms with Crippen LogP contribution in [0.15, 0.2) is 29.8 Å². The summed E-state index contributed by atoms with van der Waals surface area (Å²) in [5, 5.41) is 2.97. The monoisotopic (exact) mass is 486 g/mol. The first kappa shape index (κ1) is 24.3. The molecule has 0 saturated carbocycles. The van der Waals surface area contributed by atoms with Gasteiger partial charge in [-0.3, -0.25) is 14.4 Å². The molecule has 1 N–H and O–H groups in total. The van der Waals surface area contributed by atoms with E-state index in [9.17, 15) is 14.4 Å². The minimum Gasteiger partial charge on any atom is -0.377 e. The van der Waals surface area contributed by atoms with E-state index in [1.807, 2.05) is 36.7 Å². The van der Waals surface area contributed by atoms with E-state index in [-0.39, 0.29) is 30.9 Å². The third-order valence-corrected chi connectivity index (χ3v) is 7.25. The van der Waals surface area contributed by atoms with Gasteiger partial charge in [0.05, 0.1) is 29.3 Å². The number of amides is 3. The van der Waals surface area contributed by atoms with E-state index >= 15 is 0 Å². The van der Waals surface area contributed by atoms with Crippen LogP contribution >= 0.6 is 11.3 Å². The highest BCUT2D eigenvalue weighted by molar-refractivity contribution is 7.13. The summed E-state index contributed by atoms with van der Waals surface area (Å²) < 4.78 is 10.4. The fraction of sp³-hybridized carbons (Fsp3) is 0.500. The molecule has 2 aliphatic heterocycles. The Bertz CT molecular complexity index is 1020. The van der Waals surface area contributed by atoms with Crippen molar-refractivity contribution < 1.29 is 23.9 Å². The van der Waals surface area contributed by atoms with Gasteiger partial charge in [-0.15, -0.1) is 11.3 Å². The zero-order valence-corrected chi connectivity index (χ0v) is 20.3. The van der Waals surface area contributed by atoms with Crippen LogP contribution in [-0.4, -0.2) is 84.6 Å². The number of aryl methyl sites for hydroxylation is 1. The number of aromatic nitrogens is 1. The van der Waals surface area contributed by atoms with Gasteiger partial charge in [0, 0.05) is 26.7 Å². The number of carbonyl (C=O) groups is 3. The van der Waals surface area contributed by atoms with Crippen LogP contribution in [0.5, 0.6) is 0 Å². The van der Waals surface area contributed by atoms with Crippen molar-refractivity contribution in [1.82, 2.24) is 20.1 Å². The third kappa shape index (κ3) is 5.29. The number of ether oxygens (including phenoxy) is 2. The summed E-state index contributed by atoms with van der Waals surface area (Å²) in [6.07, 6.45) is 1.34. The molecule has 2 aliphatic rings. The van der Waals surface area contributed by atoms with E-state index < -0.39 is 12.1 Å². The molecule has 0 spiro atoms. The molecular weight excluding hydrogens is 456 g/mol. The van der Waals surface area contributed by atoms with Crippen molar-refractivity contribution in [2.45, 2.75) is 38.4 Å². The number of methoxy groups -OCH3 is 1. The van der Waals surface area contributed by atoms with Gasteiger partial charge in [0.15, 0.2) is 0 Å². The number of rotatable bonds is 7. The molecule has 34 heavy (non-hydrogen) atoms. The minimum atomic E-state index is -0.729. The molecule has 0 radical (unpaired) electrons. The predicted octanol–water partition coefficient (Wildman–Crippen LogP) is 1.60. The molecule has 2 fully saturated rings. The summed E-state index contributed by atoms with van der Waals surface area (Å²) in [6.45, 7) is 3.61. The molecule has 9 nitrogen and oxygen atoms in total. The lowest BCUT2D eigenvalue weighted by molar-refractivity contribution is -0.157. The molecule has 3 heterocycles. The van der Waals surface area contributed by atoms with Crippen LogP contribution in [0, 0.1) is 6.92 Å². The van der Waals surface area contributed by atoms with Gasteiger partial charge in [0.1, 0.15) is 18.7 Å². The lowest BCUT2D eigenvalue weighted by Gasteiger charge is -2.37. The maximum Gasteiger partial charge on any atom is 0.249 e. The quantitative estimate of drug-likeness (QED) is 0.638. The van der Waals surface area contributed by atoms with Crippen molar-refractivity contribution in [3.63, 3.8) is 0 Å². The van der Waals surface area contributed by atoms with Crippen LogP contribution in [-0.2, 0) is 30.4 Å². The third-order valence-electron chi connectivity index (χ3n) is 6.27. The molecule has 2 aromatic rings. The Labute approximate surface area is 203 Å². The Hall–Kier alpha value is -2.82. The number of morpholine rings is 1. The number of benzene rings is 1. The first-order valence-corrected chi connectivity index (χ1v) is 12.3. The summed E-state index contributed by atoms with van der Waals surface area (Å²) in [6, 6.07) is 6.76. The molecule has 10 heteroatoms. The molecule has 182 valence electrons. The van der Waals surface area contributed by atoms with Gasteiger partial charge in [0.2, 0.25) is 17.7 Å². The standard InChI is InChI=1S/C24H30N4O5S/c1-16-22(34-15-26-16)18-7-5-17(6-8-18)12-25-23(30)19-4-3-9-28(19)24(31)20-13-33-11-10-27(20)21(29)14-32-2/h5-8,15,19-20H,3-4,9-14H2,1-2H3,(H,25,30). The summed E-state index contributed by atoms with van der Waals surface area (Å²) in [5.74, 6) is -0.674. The van der Waals surface area contributed by atoms with Crippen LogP contribution in [0.2, 0.25) is 0 Å². The van der Waals surface area contributed by atoms with E-state index in [0.717, 1.165) is 28.1 Å². The SMILES string of the molecule is COCC(=O)N1CCOCC1C(=O)N1CCCC1C(=O)NCc1ccc(-c2scnc2C)cc1. The minimum absolute atomic E-state index is 0.0882. The lowest BCUT2D eigenvalue weighted by Crippen LogP contribution is -2.59. The summed E-state index contributed by atoms with van der Waals surface area (Å²) >= 11 is 1.60. The maximum absolute atomic E-state index is 13.3. The highest BCUT2D eigenvalue weighted by Crippen LogP contribution is 2.27.